The van der Waals surface area contributed by atoms with Gasteiger partial charge in [0.2, 0.25) is 5.91 Å². The van der Waals surface area contributed by atoms with Crippen molar-refractivity contribution in [1.29, 1.82) is 0 Å². The molecular weight excluding hydrogens is 406 g/mol. The van der Waals surface area contributed by atoms with Crippen LogP contribution < -0.4 is 15.6 Å². The monoisotopic (exact) mass is 429 g/mol. The summed E-state index contributed by atoms with van der Waals surface area (Å²) in [5.41, 5.74) is 8.29. The van der Waals surface area contributed by atoms with Crippen molar-refractivity contribution in [3.63, 3.8) is 0 Å². The second kappa shape index (κ2) is 9.13. The van der Waals surface area contributed by atoms with Crippen LogP contribution in [0, 0.1) is 20.8 Å². The van der Waals surface area contributed by atoms with Gasteiger partial charge in [-0.1, -0.05) is 11.6 Å². The van der Waals surface area contributed by atoms with Crippen LogP contribution in [-0.4, -0.2) is 33.2 Å². The summed E-state index contributed by atoms with van der Waals surface area (Å²) in [6.07, 6.45) is 0.716. The Kier molecular flexibility index (Phi) is 6.56. The fraction of sp³-hybridized carbons (Fsp3) is 0.333. The van der Waals surface area contributed by atoms with E-state index < -0.39 is 5.91 Å². The smallest absolute Gasteiger partial charge is 0.270 e. The first-order valence-electron chi connectivity index (χ1n) is 9.55. The molecule has 1 aromatic carbocycles. The highest BCUT2D eigenvalue weighted by Crippen LogP contribution is 2.22. The number of fused-ring (bicyclic) bond motifs is 1. The topological polar surface area (TPSA) is 98.1 Å². The van der Waals surface area contributed by atoms with Crippen molar-refractivity contribution in [3.8, 4) is 5.75 Å². The first-order chi connectivity index (χ1) is 14.3. The van der Waals surface area contributed by atoms with Crippen molar-refractivity contribution in [1.82, 2.24) is 25.6 Å². The number of aromatic nitrogens is 3. The Balaban J connectivity index is 1.51. The summed E-state index contributed by atoms with van der Waals surface area (Å²) in [7, 11) is 1.78. The van der Waals surface area contributed by atoms with Gasteiger partial charge in [0.1, 0.15) is 5.75 Å². The molecule has 0 saturated carbocycles. The van der Waals surface area contributed by atoms with Crippen molar-refractivity contribution < 1.29 is 14.3 Å². The summed E-state index contributed by atoms with van der Waals surface area (Å²) in [5.74, 6) is 0.0183. The summed E-state index contributed by atoms with van der Waals surface area (Å²) in [4.78, 5) is 29.1. The molecule has 0 atom stereocenters. The van der Waals surface area contributed by atoms with Crippen LogP contribution in [0.25, 0.3) is 11.0 Å². The third-order valence-corrected chi connectivity index (χ3v) is 4.83. The molecule has 0 radical (unpaired) electrons. The molecule has 2 aromatic heterocycles. The van der Waals surface area contributed by atoms with Gasteiger partial charge >= 0.3 is 0 Å². The van der Waals surface area contributed by atoms with Crippen LogP contribution in [0.5, 0.6) is 5.75 Å². The van der Waals surface area contributed by atoms with E-state index in [2.05, 4.69) is 20.9 Å². The van der Waals surface area contributed by atoms with Gasteiger partial charge in [-0.05, 0) is 57.0 Å². The molecule has 2 amide bonds. The second-order valence-electron chi connectivity index (χ2n) is 7.08. The Labute approximate surface area is 179 Å². The molecule has 0 unspecified atom stereocenters. The number of amides is 2. The maximum atomic E-state index is 12.6. The molecule has 3 rings (SSSR count). The van der Waals surface area contributed by atoms with E-state index in [1.807, 2.05) is 19.9 Å². The third kappa shape index (κ3) is 4.88. The summed E-state index contributed by atoms with van der Waals surface area (Å²) in [6.45, 7) is 5.91. The minimum Gasteiger partial charge on any atom is -0.493 e. The van der Waals surface area contributed by atoms with Crippen LogP contribution in [0.3, 0.4) is 0 Å². The van der Waals surface area contributed by atoms with Gasteiger partial charge in [-0.2, -0.15) is 5.10 Å². The minimum absolute atomic E-state index is 0.212. The number of nitrogens with one attached hydrogen (secondary N) is 2. The number of pyridine rings is 1. The van der Waals surface area contributed by atoms with Crippen LogP contribution >= 0.6 is 11.6 Å². The fourth-order valence-electron chi connectivity index (χ4n) is 3.19. The van der Waals surface area contributed by atoms with Crippen LogP contribution in [-0.2, 0) is 11.8 Å². The lowest BCUT2D eigenvalue weighted by Gasteiger charge is -2.11. The number of carbonyl (C=O) groups excluding carboxylic acids is 2. The number of carbonyl (C=O) groups is 2. The van der Waals surface area contributed by atoms with Crippen molar-refractivity contribution in [3.05, 3.63) is 51.8 Å². The Morgan fingerprint density at radius 1 is 1.17 bits per heavy atom. The zero-order chi connectivity index (χ0) is 21.8. The second-order valence-corrected chi connectivity index (χ2v) is 7.52. The van der Waals surface area contributed by atoms with E-state index in [4.69, 9.17) is 16.3 Å². The van der Waals surface area contributed by atoms with Crippen molar-refractivity contribution >= 4 is 34.4 Å². The van der Waals surface area contributed by atoms with Gasteiger partial charge in [-0.25, -0.2) is 4.98 Å². The van der Waals surface area contributed by atoms with Gasteiger partial charge in [0.25, 0.3) is 5.91 Å². The zero-order valence-electron chi connectivity index (χ0n) is 17.4. The largest absolute Gasteiger partial charge is 0.493 e. The molecule has 0 fully saturated rings. The number of nitrogens with zero attached hydrogens (tertiary/aromatic N) is 3. The van der Waals surface area contributed by atoms with E-state index >= 15 is 0 Å². The van der Waals surface area contributed by atoms with E-state index in [9.17, 15) is 9.59 Å². The van der Waals surface area contributed by atoms with Crippen molar-refractivity contribution in [2.24, 2.45) is 7.05 Å². The lowest BCUT2D eigenvalue weighted by atomic mass is 10.1. The molecule has 158 valence electrons. The molecular formula is C21H24ClN5O3. The molecule has 0 saturated heterocycles. The predicted molar refractivity (Wildman–Crippen MR) is 115 cm³/mol. The van der Waals surface area contributed by atoms with Crippen LogP contribution in [0.4, 0.5) is 0 Å². The molecule has 9 heteroatoms. The third-order valence-electron chi connectivity index (χ3n) is 4.60. The molecule has 0 aliphatic carbocycles. The van der Waals surface area contributed by atoms with Crippen LogP contribution in [0.15, 0.2) is 24.3 Å². The van der Waals surface area contributed by atoms with Gasteiger partial charge in [0.15, 0.2) is 5.65 Å². The summed E-state index contributed by atoms with van der Waals surface area (Å²) in [6, 6.07) is 7.06. The van der Waals surface area contributed by atoms with Gasteiger partial charge in [-0.3, -0.25) is 25.1 Å². The summed E-state index contributed by atoms with van der Waals surface area (Å²) in [5, 5.41) is 5.64. The maximum Gasteiger partial charge on any atom is 0.270 e. The summed E-state index contributed by atoms with van der Waals surface area (Å²) < 4.78 is 7.31. The molecule has 0 bridgehead atoms. The highest BCUT2D eigenvalue weighted by molar-refractivity contribution is 6.30. The van der Waals surface area contributed by atoms with Gasteiger partial charge in [-0.15, -0.1) is 0 Å². The summed E-state index contributed by atoms with van der Waals surface area (Å²) >= 11 is 5.92. The quantitative estimate of drug-likeness (QED) is 0.463. The number of rotatable bonds is 6. The van der Waals surface area contributed by atoms with Crippen molar-refractivity contribution in [2.45, 2.75) is 33.6 Å². The van der Waals surface area contributed by atoms with Crippen molar-refractivity contribution in [2.75, 3.05) is 6.61 Å². The number of hydrogen-bond donors (Lipinski definition) is 2. The van der Waals surface area contributed by atoms with Gasteiger partial charge in [0.05, 0.1) is 23.3 Å². The number of aryl methyl sites for hydroxylation is 4. The SMILES string of the molecule is Cc1cc(C(=O)NNC(=O)CCCOc2ccc(Cl)cc2C)c2c(C)nn(C)c2n1. The molecule has 2 N–H and O–H groups in total. The molecule has 0 aliphatic heterocycles. The molecule has 8 nitrogen and oxygen atoms in total. The van der Waals surface area contributed by atoms with E-state index in [0.29, 0.717) is 46.0 Å². The van der Waals surface area contributed by atoms with E-state index in [0.717, 1.165) is 11.3 Å². The maximum absolute atomic E-state index is 12.6. The van der Waals surface area contributed by atoms with E-state index in [1.165, 1.54) is 0 Å². The Hall–Kier alpha value is -3.13. The standard InChI is InChI=1S/C21H24ClN5O3/c1-12-10-15(22)7-8-17(12)30-9-5-6-18(28)24-25-21(29)16-11-13(2)23-20-19(16)14(3)26-27(20)4/h7-8,10-11H,5-6,9H2,1-4H3,(H,24,28)(H,25,29). The molecule has 3 aromatic rings. The first kappa shape index (κ1) is 21.6. The number of halogens is 1. The Bertz CT molecular complexity index is 1110. The lowest BCUT2D eigenvalue weighted by Crippen LogP contribution is -2.41. The highest BCUT2D eigenvalue weighted by atomic mass is 35.5. The van der Waals surface area contributed by atoms with E-state index in [1.54, 1.807) is 36.9 Å². The normalized spacial score (nSPS) is 10.8. The number of benzene rings is 1. The minimum atomic E-state index is -0.414. The number of ether oxygens (including phenoxy) is 1. The highest BCUT2D eigenvalue weighted by Gasteiger charge is 2.18. The average molecular weight is 430 g/mol. The number of hydrazine groups is 1. The molecule has 0 aliphatic rings. The number of hydrogen-bond acceptors (Lipinski definition) is 5. The predicted octanol–water partition coefficient (Wildman–Crippen LogP) is 3.17. The zero-order valence-corrected chi connectivity index (χ0v) is 18.1. The van der Waals surface area contributed by atoms with Crippen LogP contribution in [0.1, 0.15) is 40.2 Å². The average Bonchev–Trinajstić information content (AvgIpc) is 2.97. The Morgan fingerprint density at radius 2 is 1.93 bits per heavy atom. The Morgan fingerprint density at radius 3 is 2.67 bits per heavy atom. The van der Waals surface area contributed by atoms with Gasteiger partial charge < -0.3 is 4.74 Å². The molecule has 0 spiro atoms. The molecule has 2 heterocycles. The van der Waals surface area contributed by atoms with Gasteiger partial charge in [0, 0.05) is 24.2 Å². The first-order valence-corrected chi connectivity index (χ1v) is 9.93. The van der Waals surface area contributed by atoms with Crippen LogP contribution in [0.2, 0.25) is 5.02 Å². The lowest BCUT2D eigenvalue weighted by molar-refractivity contribution is -0.122. The van der Waals surface area contributed by atoms with E-state index in [-0.39, 0.29) is 12.3 Å². The molecule has 30 heavy (non-hydrogen) atoms. The fourth-order valence-corrected chi connectivity index (χ4v) is 3.42.